The third-order valence-corrected chi connectivity index (χ3v) is 3.69. The molecule has 0 amide bonds. The second-order valence-corrected chi connectivity index (χ2v) is 4.81. The Morgan fingerprint density at radius 3 is 2.60 bits per heavy atom. The number of nitrogens with zero attached hydrogens (tertiary/aromatic N) is 1. The fraction of sp³-hybridized carbons (Fsp3) is 0.700. The van der Waals surface area contributed by atoms with E-state index in [4.69, 9.17) is 5.73 Å². The van der Waals surface area contributed by atoms with Crippen molar-refractivity contribution in [1.29, 1.82) is 0 Å². The Bertz CT molecular complexity index is 288. The first-order valence-electron chi connectivity index (χ1n) is 5.22. The van der Waals surface area contributed by atoms with Crippen LogP contribution in [-0.2, 0) is 6.54 Å². The fourth-order valence-corrected chi connectivity index (χ4v) is 2.08. The van der Waals surface area contributed by atoms with Gasteiger partial charge >= 0.3 is 0 Å². The Morgan fingerprint density at radius 2 is 2.20 bits per heavy atom. The lowest BCUT2D eigenvalue weighted by Crippen LogP contribution is -2.46. The minimum absolute atomic E-state index is 0.161. The van der Waals surface area contributed by atoms with Gasteiger partial charge in [-0.2, -0.15) is 0 Å². The van der Waals surface area contributed by atoms with Gasteiger partial charge in [0, 0.05) is 23.2 Å². The van der Waals surface area contributed by atoms with Crippen molar-refractivity contribution >= 4 is 16.5 Å². The SMILES string of the molecule is CCC(CC)(CO)NCc1cnc(N)s1. The molecule has 0 aliphatic rings. The molecule has 1 rings (SSSR count). The third kappa shape index (κ3) is 3.15. The molecule has 0 radical (unpaired) electrons. The highest BCUT2D eigenvalue weighted by Crippen LogP contribution is 2.18. The van der Waals surface area contributed by atoms with Gasteiger partial charge < -0.3 is 16.2 Å². The molecule has 0 fully saturated rings. The van der Waals surface area contributed by atoms with E-state index < -0.39 is 0 Å². The molecule has 0 aliphatic carbocycles. The lowest BCUT2D eigenvalue weighted by atomic mass is 9.94. The summed E-state index contributed by atoms with van der Waals surface area (Å²) in [6, 6.07) is 0. The predicted molar refractivity (Wildman–Crippen MR) is 63.8 cm³/mol. The highest BCUT2D eigenvalue weighted by molar-refractivity contribution is 7.15. The standard InChI is InChI=1S/C10H19N3OS/c1-3-10(4-2,7-14)13-6-8-5-12-9(11)15-8/h5,13-14H,3-4,6-7H2,1-2H3,(H2,11,12). The fourth-order valence-electron chi connectivity index (χ4n) is 1.46. The van der Waals surface area contributed by atoms with Crippen molar-refractivity contribution in [2.45, 2.75) is 38.8 Å². The second kappa shape index (κ2) is 5.44. The lowest BCUT2D eigenvalue weighted by molar-refractivity contribution is 0.150. The molecule has 0 bridgehead atoms. The van der Waals surface area contributed by atoms with E-state index in [0.29, 0.717) is 5.13 Å². The first-order chi connectivity index (χ1) is 7.15. The molecule has 0 aromatic carbocycles. The average molecular weight is 229 g/mol. The van der Waals surface area contributed by atoms with E-state index in [2.05, 4.69) is 24.1 Å². The maximum Gasteiger partial charge on any atom is 0.180 e. The average Bonchev–Trinajstić information content (AvgIpc) is 2.67. The van der Waals surface area contributed by atoms with Crippen molar-refractivity contribution < 1.29 is 5.11 Å². The zero-order valence-electron chi connectivity index (χ0n) is 9.29. The van der Waals surface area contributed by atoms with Gasteiger partial charge in [0.2, 0.25) is 0 Å². The molecule has 0 saturated carbocycles. The summed E-state index contributed by atoms with van der Waals surface area (Å²) in [6.45, 7) is 5.03. The minimum atomic E-state index is -0.168. The molecule has 0 aliphatic heterocycles. The molecule has 1 aromatic heterocycles. The van der Waals surface area contributed by atoms with Gasteiger partial charge in [-0.05, 0) is 12.8 Å². The summed E-state index contributed by atoms with van der Waals surface area (Å²) in [5, 5.41) is 13.3. The molecule has 0 saturated heterocycles. The largest absolute Gasteiger partial charge is 0.394 e. The number of rotatable bonds is 6. The Balaban J connectivity index is 2.54. The van der Waals surface area contributed by atoms with E-state index in [0.717, 1.165) is 24.3 Å². The van der Waals surface area contributed by atoms with E-state index in [1.807, 2.05) is 0 Å². The topological polar surface area (TPSA) is 71.2 Å². The summed E-state index contributed by atoms with van der Waals surface area (Å²) >= 11 is 1.48. The molecule has 4 nitrogen and oxygen atoms in total. The van der Waals surface area contributed by atoms with Crippen LogP contribution in [0.2, 0.25) is 0 Å². The number of hydrogen-bond donors (Lipinski definition) is 3. The lowest BCUT2D eigenvalue weighted by Gasteiger charge is -2.30. The van der Waals surface area contributed by atoms with Gasteiger partial charge in [-0.15, -0.1) is 11.3 Å². The number of nitrogen functional groups attached to an aromatic ring is 1. The van der Waals surface area contributed by atoms with E-state index >= 15 is 0 Å². The summed E-state index contributed by atoms with van der Waals surface area (Å²) in [5.41, 5.74) is 5.38. The molecule has 0 spiro atoms. The first kappa shape index (κ1) is 12.4. The van der Waals surface area contributed by atoms with Crippen LogP contribution in [-0.4, -0.2) is 22.2 Å². The normalized spacial score (nSPS) is 11.9. The highest BCUT2D eigenvalue weighted by atomic mass is 32.1. The molecule has 4 N–H and O–H groups in total. The number of hydrogen-bond acceptors (Lipinski definition) is 5. The Kier molecular flexibility index (Phi) is 4.50. The van der Waals surface area contributed by atoms with Crippen LogP contribution in [0.5, 0.6) is 0 Å². The second-order valence-electron chi connectivity index (χ2n) is 3.66. The van der Waals surface area contributed by atoms with Gasteiger partial charge in [-0.25, -0.2) is 4.98 Å². The maximum atomic E-state index is 9.36. The van der Waals surface area contributed by atoms with Crippen LogP contribution in [0.25, 0.3) is 0 Å². The molecular formula is C10H19N3OS. The Labute approximate surface area is 94.5 Å². The molecular weight excluding hydrogens is 210 g/mol. The molecule has 15 heavy (non-hydrogen) atoms. The molecule has 0 atom stereocenters. The first-order valence-corrected chi connectivity index (χ1v) is 6.03. The summed E-state index contributed by atoms with van der Waals surface area (Å²) in [4.78, 5) is 5.09. The van der Waals surface area contributed by atoms with E-state index in [9.17, 15) is 5.11 Å². The third-order valence-electron chi connectivity index (χ3n) is 2.87. The molecule has 1 aromatic rings. The highest BCUT2D eigenvalue weighted by Gasteiger charge is 2.24. The van der Waals surface area contributed by atoms with Gasteiger partial charge in [-0.1, -0.05) is 13.8 Å². The summed E-state index contributed by atoms with van der Waals surface area (Å²) in [5.74, 6) is 0. The molecule has 1 heterocycles. The zero-order valence-corrected chi connectivity index (χ0v) is 10.1. The van der Waals surface area contributed by atoms with Crippen molar-refractivity contribution in [3.63, 3.8) is 0 Å². The summed E-state index contributed by atoms with van der Waals surface area (Å²) in [6.07, 6.45) is 3.60. The van der Waals surface area contributed by atoms with E-state index in [-0.39, 0.29) is 12.1 Å². The minimum Gasteiger partial charge on any atom is -0.394 e. The number of aromatic nitrogens is 1. The number of thiazole rings is 1. The van der Waals surface area contributed by atoms with Crippen LogP contribution >= 0.6 is 11.3 Å². The van der Waals surface area contributed by atoms with Crippen molar-refractivity contribution in [2.24, 2.45) is 0 Å². The van der Waals surface area contributed by atoms with Crippen LogP contribution in [0.1, 0.15) is 31.6 Å². The van der Waals surface area contributed by atoms with Crippen molar-refractivity contribution in [3.8, 4) is 0 Å². The van der Waals surface area contributed by atoms with Gasteiger partial charge in [0.1, 0.15) is 0 Å². The monoisotopic (exact) mass is 229 g/mol. The Morgan fingerprint density at radius 1 is 1.53 bits per heavy atom. The molecule has 86 valence electrons. The molecule has 5 heteroatoms. The van der Waals surface area contributed by atoms with E-state index in [1.165, 1.54) is 11.3 Å². The van der Waals surface area contributed by atoms with Crippen molar-refractivity contribution in [2.75, 3.05) is 12.3 Å². The van der Waals surface area contributed by atoms with Crippen LogP contribution < -0.4 is 11.1 Å². The van der Waals surface area contributed by atoms with Crippen molar-refractivity contribution in [1.82, 2.24) is 10.3 Å². The van der Waals surface area contributed by atoms with Gasteiger partial charge in [0.15, 0.2) is 5.13 Å². The van der Waals surface area contributed by atoms with Crippen molar-refractivity contribution in [3.05, 3.63) is 11.1 Å². The van der Waals surface area contributed by atoms with Crippen LogP contribution in [0.4, 0.5) is 5.13 Å². The summed E-state index contributed by atoms with van der Waals surface area (Å²) in [7, 11) is 0. The quantitative estimate of drug-likeness (QED) is 0.689. The van der Waals surface area contributed by atoms with Gasteiger partial charge in [0.05, 0.1) is 6.61 Å². The predicted octanol–water partition coefficient (Wildman–Crippen LogP) is 1.37. The van der Waals surface area contributed by atoms with E-state index in [1.54, 1.807) is 6.20 Å². The number of aliphatic hydroxyl groups excluding tert-OH is 1. The number of anilines is 1. The van der Waals surface area contributed by atoms with Gasteiger partial charge in [0.25, 0.3) is 0 Å². The van der Waals surface area contributed by atoms with Gasteiger partial charge in [-0.3, -0.25) is 0 Å². The Hall–Kier alpha value is -0.650. The smallest absolute Gasteiger partial charge is 0.180 e. The number of aliphatic hydroxyl groups is 1. The number of nitrogens with one attached hydrogen (secondary N) is 1. The molecule has 0 unspecified atom stereocenters. The number of nitrogens with two attached hydrogens (primary N) is 1. The van der Waals surface area contributed by atoms with Crippen LogP contribution in [0.3, 0.4) is 0 Å². The van der Waals surface area contributed by atoms with Crippen LogP contribution in [0, 0.1) is 0 Å². The zero-order chi connectivity index (χ0) is 11.3. The van der Waals surface area contributed by atoms with Crippen LogP contribution in [0.15, 0.2) is 6.20 Å². The maximum absolute atomic E-state index is 9.36. The summed E-state index contributed by atoms with van der Waals surface area (Å²) < 4.78 is 0.